The summed E-state index contributed by atoms with van der Waals surface area (Å²) in [5.41, 5.74) is 1.65. The van der Waals surface area contributed by atoms with Gasteiger partial charge in [-0.05, 0) is 24.1 Å². The number of carbonyl (C=O) groups is 1. The fraction of sp³-hybridized carbons (Fsp3) is 0.333. The number of hydrogen-bond donors (Lipinski definition) is 2. The van der Waals surface area contributed by atoms with E-state index in [-0.39, 0.29) is 5.91 Å². The molecule has 1 heterocycles. The number of rotatable bonds is 6. The Kier molecular flexibility index (Phi) is 5.59. The third kappa shape index (κ3) is 5.36. The van der Waals surface area contributed by atoms with E-state index in [0.717, 1.165) is 16.5 Å². The normalized spacial score (nSPS) is 10.7. The third-order valence-corrected chi connectivity index (χ3v) is 3.72. The van der Waals surface area contributed by atoms with Crippen LogP contribution in [0.5, 0.6) is 0 Å². The van der Waals surface area contributed by atoms with E-state index < -0.39 is 0 Å². The van der Waals surface area contributed by atoms with Crippen LogP contribution in [0.3, 0.4) is 0 Å². The zero-order valence-corrected chi connectivity index (χ0v) is 13.6. The molecule has 0 aliphatic rings. The van der Waals surface area contributed by atoms with Crippen molar-refractivity contribution >= 4 is 39.7 Å². The van der Waals surface area contributed by atoms with Gasteiger partial charge in [-0.3, -0.25) is 4.79 Å². The van der Waals surface area contributed by atoms with Gasteiger partial charge in [-0.2, -0.15) is 0 Å². The van der Waals surface area contributed by atoms with Gasteiger partial charge in [0.1, 0.15) is 0 Å². The fourth-order valence-corrected chi connectivity index (χ4v) is 2.60. The Morgan fingerprint density at radius 3 is 2.95 bits per heavy atom. The maximum absolute atomic E-state index is 11.7. The van der Waals surface area contributed by atoms with Gasteiger partial charge in [0.15, 0.2) is 5.13 Å². The Labute approximate surface area is 133 Å². The van der Waals surface area contributed by atoms with Crippen molar-refractivity contribution in [2.24, 2.45) is 5.92 Å². The second-order valence-corrected chi connectivity index (χ2v) is 6.45. The van der Waals surface area contributed by atoms with Gasteiger partial charge < -0.3 is 10.6 Å². The standard InChI is InChI=1S/C15H18ClN3OS/c1-10(2)8-17-14(20)7-13-9-21-15(19-13)18-12-5-3-4-11(16)6-12/h3-6,9-10H,7-8H2,1-2H3,(H,17,20)(H,18,19). The van der Waals surface area contributed by atoms with Gasteiger partial charge in [0.25, 0.3) is 0 Å². The maximum atomic E-state index is 11.7. The minimum Gasteiger partial charge on any atom is -0.356 e. The summed E-state index contributed by atoms with van der Waals surface area (Å²) in [6, 6.07) is 7.44. The van der Waals surface area contributed by atoms with Crippen molar-refractivity contribution in [1.82, 2.24) is 10.3 Å². The lowest BCUT2D eigenvalue weighted by Crippen LogP contribution is -2.28. The van der Waals surface area contributed by atoms with E-state index in [2.05, 4.69) is 29.5 Å². The molecule has 0 unspecified atom stereocenters. The van der Waals surface area contributed by atoms with Crippen molar-refractivity contribution in [3.63, 3.8) is 0 Å². The topological polar surface area (TPSA) is 54.0 Å². The van der Waals surface area contributed by atoms with Crippen LogP contribution in [0.4, 0.5) is 10.8 Å². The number of carbonyl (C=O) groups excluding carboxylic acids is 1. The van der Waals surface area contributed by atoms with Gasteiger partial charge in [-0.15, -0.1) is 11.3 Å². The quantitative estimate of drug-likeness (QED) is 0.849. The first-order valence-corrected chi connectivity index (χ1v) is 8.02. The van der Waals surface area contributed by atoms with Crippen LogP contribution < -0.4 is 10.6 Å². The summed E-state index contributed by atoms with van der Waals surface area (Å²) in [6.07, 6.45) is 0.306. The molecule has 0 bridgehead atoms. The Morgan fingerprint density at radius 1 is 1.43 bits per heavy atom. The number of anilines is 2. The number of halogens is 1. The average Bonchev–Trinajstić information content (AvgIpc) is 2.83. The molecule has 2 aromatic rings. The van der Waals surface area contributed by atoms with E-state index in [1.54, 1.807) is 0 Å². The molecule has 0 aliphatic carbocycles. The van der Waals surface area contributed by atoms with Gasteiger partial charge in [0, 0.05) is 22.6 Å². The zero-order chi connectivity index (χ0) is 15.2. The number of amides is 1. The molecule has 0 fully saturated rings. The third-order valence-electron chi connectivity index (χ3n) is 2.68. The fourth-order valence-electron chi connectivity index (χ4n) is 1.68. The molecule has 2 rings (SSSR count). The molecule has 1 aromatic carbocycles. The van der Waals surface area contributed by atoms with Crippen molar-refractivity contribution in [3.05, 3.63) is 40.4 Å². The lowest BCUT2D eigenvalue weighted by molar-refractivity contribution is -0.120. The van der Waals surface area contributed by atoms with Crippen LogP contribution in [0.25, 0.3) is 0 Å². The molecule has 4 nitrogen and oxygen atoms in total. The molecule has 0 spiro atoms. The average molecular weight is 324 g/mol. The van der Waals surface area contributed by atoms with Gasteiger partial charge in [-0.25, -0.2) is 4.98 Å². The number of nitrogens with one attached hydrogen (secondary N) is 2. The lowest BCUT2D eigenvalue weighted by Gasteiger charge is -2.06. The number of hydrogen-bond acceptors (Lipinski definition) is 4. The molecule has 21 heavy (non-hydrogen) atoms. The summed E-state index contributed by atoms with van der Waals surface area (Å²) in [4.78, 5) is 16.2. The van der Waals surface area contributed by atoms with Crippen LogP contribution in [-0.2, 0) is 11.2 Å². The predicted octanol–water partition coefficient (Wildman–Crippen LogP) is 3.85. The summed E-state index contributed by atoms with van der Waals surface area (Å²) >= 11 is 7.41. The van der Waals surface area contributed by atoms with E-state index >= 15 is 0 Å². The van der Waals surface area contributed by atoms with Crippen molar-refractivity contribution in [2.75, 3.05) is 11.9 Å². The highest BCUT2D eigenvalue weighted by Crippen LogP contribution is 2.23. The van der Waals surface area contributed by atoms with E-state index in [4.69, 9.17) is 11.6 Å². The largest absolute Gasteiger partial charge is 0.356 e. The van der Waals surface area contributed by atoms with Gasteiger partial charge in [0.05, 0.1) is 12.1 Å². The summed E-state index contributed by atoms with van der Waals surface area (Å²) in [5.74, 6) is 0.452. The Hall–Kier alpha value is -1.59. The second kappa shape index (κ2) is 7.43. The van der Waals surface area contributed by atoms with Crippen LogP contribution >= 0.6 is 22.9 Å². The van der Waals surface area contributed by atoms with Crippen LogP contribution in [0, 0.1) is 5.92 Å². The highest BCUT2D eigenvalue weighted by atomic mass is 35.5. The van der Waals surface area contributed by atoms with Crippen LogP contribution in [-0.4, -0.2) is 17.4 Å². The second-order valence-electron chi connectivity index (χ2n) is 5.15. The SMILES string of the molecule is CC(C)CNC(=O)Cc1csc(Nc2cccc(Cl)c2)n1. The van der Waals surface area contributed by atoms with Gasteiger partial charge in [-0.1, -0.05) is 31.5 Å². The van der Waals surface area contributed by atoms with E-state index in [9.17, 15) is 4.79 Å². The van der Waals surface area contributed by atoms with Crippen LogP contribution in [0.15, 0.2) is 29.6 Å². The molecule has 0 atom stereocenters. The van der Waals surface area contributed by atoms with Crippen molar-refractivity contribution in [2.45, 2.75) is 20.3 Å². The van der Waals surface area contributed by atoms with E-state index in [1.807, 2.05) is 29.6 Å². The molecule has 1 aromatic heterocycles. The smallest absolute Gasteiger partial charge is 0.226 e. The summed E-state index contributed by atoms with van der Waals surface area (Å²) in [6.45, 7) is 4.82. The molecule has 6 heteroatoms. The lowest BCUT2D eigenvalue weighted by atomic mass is 10.2. The number of aromatic nitrogens is 1. The summed E-state index contributed by atoms with van der Waals surface area (Å²) in [7, 11) is 0. The maximum Gasteiger partial charge on any atom is 0.226 e. The highest BCUT2D eigenvalue weighted by Gasteiger charge is 2.08. The number of nitrogens with zero attached hydrogens (tertiary/aromatic N) is 1. The molecule has 0 saturated carbocycles. The molecule has 1 amide bonds. The molecule has 0 aliphatic heterocycles. The molecule has 112 valence electrons. The molecular weight excluding hydrogens is 306 g/mol. The monoisotopic (exact) mass is 323 g/mol. The molecule has 0 saturated heterocycles. The Morgan fingerprint density at radius 2 is 2.24 bits per heavy atom. The highest BCUT2D eigenvalue weighted by molar-refractivity contribution is 7.13. The van der Waals surface area contributed by atoms with Crippen molar-refractivity contribution in [1.29, 1.82) is 0 Å². The minimum atomic E-state index is 0.00306. The number of thiazole rings is 1. The first-order chi connectivity index (χ1) is 10.0. The van der Waals surface area contributed by atoms with Gasteiger partial charge in [0.2, 0.25) is 5.91 Å². The Balaban J connectivity index is 1.91. The molecular formula is C15H18ClN3OS. The molecule has 2 N–H and O–H groups in total. The first-order valence-electron chi connectivity index (χ1n) is 6.76. The first kappa shape index (κ1) is 15.8. The minimum absolute atomic E-state index is 0.00306. The zero-order valence-electron chi connectivity index (χ0n) is 12.0. The van der Waals surface area contributed by atoms with Crippen LogP contribution in [0.2, 0.25) is 5.02 Å². The van der Waals surface area contributed by atoms with E-state index in [1.165, 1.54) is 11.3 Å². The van der Waals surface area contributed by atoms with E-state index in [0.29, 0.717) is 23.9 Å². The van der Waals surface area contributed by atoms with Gasteiger partial charge >= 0.3 is 0 Å². The number of benzene rings is 1. The predicted molar refractivity (Wildman–Crippen MR) is 88.4 cm³/mol. The summed E-state index contributed by atoms with van der Waals surface area (Å²) in [5, 5.41) is 9.38. The Bertz CT molecular complexity index is 612. The summed E-state index contributed by atoms with van der Waals surface area (Å²) < 4.78 is 0. The van der Waals surface area contributed by atoms with Crippen LogP contribution in [0.1, 0.15) is 19.5 Å². The van der Waals surface area contributed by atoms with Crippen molar-refractivity contribution < 1.29 is 4.79 Å². The van der Waals surface area contributed by atoms with Crippen molar-refractivity contribution in [3.8, 4) is 0 Å². The molecule has 0 radical (unpaired) electrons.